The summed E-state index contributed by atoms with van der Waals surface area (Å²) in [5, 5.41) is 3.36. The Morgan fingerprint density at radius 3 is 2.89 bits per heavy atom. The Balaban J connectivity index is 2.05. The van der Waals surface area contributed by atoms with Crippen LogP contribution < -0.4 is 10.2 Å². The van der Waals surface area contributed by atoms with Crippen molar-refractivity contribution in [3.05, 3.63) is 17.4 Å². The normalized spacial score (nSPS) is 24.0. The number of nitrogens with one attached hydrogen (secondary N) is 1. The summed E-state index contributed by atoms with van der Waals surface area (Å²) in [6.45, 7) is 1.95. The monoisotopic (exact) mass is 265 g/mol. The van der Waals surface area contributed by atoms with Gasteiger partial charge in [0.25, 0.3) is 0 Å². The number of carbonyl (C=O) groups excluding carboxylic acids is 1. The Labute approximate surface area is 111 Å². The van der Waals surface area contributed by atoms with Gasteiger partial charge in [-0.25, -0.2) is 4.98 Å². The number of fused-ring (bicyclic) bond motifs is 1. The lowest BCUT2D eigenvalue weighted by Gasteiger charge is -2.40. The second kappa shape index (κ2) is 4.43. The van der Waals surface area contributed by atoms with Crippen LogP contribution in [-0.4, -0.2) is 23.0 Å². The lowest BCUT2D eigenvalue weighted by Crippen LogP contribution is -2.50. The maximum absolute atomic E-state index is 12.0. The van der Waals surface area contributed by atoms with E-state index in [0.717, 1.165) is 24.2 Å². The van der Waals surface area contributed by atoms with Crippen LogP contribution in [0, 0.1) is 0 Å². The van der Waals surface area contributed by atoms with Crippen molar-refractivity contribution in [1.29, 1.82) is 0 Å². The van der Waals surface area contributed by atoms with E-state index in [4.69, 9.17) is 11.6 Å². The van der Waals surface area contributed by atoms with Crippen LogP contribution >= 0.6 is 11.6 Å². The van der Waals surface area contributed by atoms with E-state index in [9.17, 15) is 4.79 Å². The first kappa shape index (κ1) is 11.8. The van der Waals surface area contributed by atoms with Crippen molar-refractivity contribution in [3.63, 3.8) is 0 Å². The van der Waals surface area contributed by atoms with Crippen LogP contribution in [-0.2, 0) is 4.79 Å². The minimum absolute atomic E-state index is 0.0403. The van der Waals surface area contributed by atoms with Crippen LogP contribution in [0.1, 0.15) is 32.6 Å². The van der Waals surface area contributed by atoms with Crippen LogP contribution in [0.15, 0.2) is 12.3 Å². The number of hydrogen-bond donors (Lipinski definition) is 1. The molecule has 0 aromatic carbocycles. The summed E-state index contributed by atoms with van der Waals surface area (Å²) < 4.78 is 0. The Morgan fingerprint density at radius 2 is 2.17 bits per heavy atom. The highest BCUT2D eigenvalue weighted by molar-refractivity contribution is 6.29. The maximum Gasteiger partial charge on any atom is 0.246 e. The van der Waals surface area contributed by atoms with Crippen molar-refractivity contribution in [2.45, 2.75) is 44.7 Å². The highest BCUT2D eigenvalue weighted by Gasteiger charge is 2.35. The third-order valence-electron chi connectivity index (χ3n) is 3.90. The van der Waals surface area contributed by atoms with Gasteiger partial charge >= 0.3 is 0 Å². The fraction of sp³-hybridized carbons (Fsp3) is 0.538. The molecule has 2 aliphatic rings. The third kappa shape index (κ3) is 1.85. The lowest BCUT2D eigenvalue weighted by atomic mass is 10.1. The molecule has 96 valence electrons. The van der Waals surface area contributed by atoms with Crippen molar-refractivity contribution in [2.75, 3.05) is 10.2 Å². The fourth-order valence-electron chi connectivity index (χ4n) is 3.00. The number of carbonyl (C=O) groups is 1. The molecule has 3 rings (SSSR count). The van der Waals surface area contributed by atoms with Crippen LogP contribution in [0.5, 0.6) is 0 Å². The molecule has 1 aliphatic carbocycles. The lowest BCUT2D eigenvalue weighted by molar-refractivity contribution is -0.117. The molecule has 0 bridgehead atoms. The molecule has 5 heteroatoms. The second-order valence-electron chi connectivity index (χ2n) is 5.03. The Bertz CT molecular complexity index is 485. The van der Waals surface area contributed by atoms with Gasteiger partial charge in [-0.3, -0.25) is 4.79 Å². The zero-order chi connectivity index (χ0) is 12.7. The molecule has 0 unspecified atom stereocenters. The van der Waals surface area contributed by atoms with Crippen LogP contribution in [0.3, 0.4) is 0 Å². The molecule has 4 nitrogen and oxygen atoms in total. The maximum atomic E-state index is 12.0. The first-order valence-electron chi connectivity index (χ1n) is 6.41. The number of nitrogens with zero attached hydrogens (tertiary/aromatic N) is 2. The molecule has 1 N–H and O–H groups in total. The summed E-state index contributed by atoms with van der Waals surface area (Å²) in [6, 6.07) is 2.16. The summed E-state index contributed by atoms with van der Waals surface area (Å²) in [5.74, 6) is 0.0403. The minimum atomic E-state index is -0.140. The van der Waals surface area contributed by atoms with Gasteiger partial charge in [-0.1, -0.05) is 24.4 Å². The van der Waals surface area contributed by atoms with E-state index in [-0.39, 0.29) is 11.9 Å². The number of hydrogen-bond acceptors (Lipinski definition) is 3. The number of rotatable bonds is 1. The van der Waals surface area contributed by atoms with Crippen LogP contribution in [0.25, 0.3) is 0 Å². The molecule has 1 fully saturated rings. The van der Waals surface area contributed by atoms with Gasteiger partial charge in [0.05, 0.1) is 17.6 Å². The van der Waals surface area contributed by atoms with E-state index < -0.39 is 0 Å². The van der Waals surface area contributed by atoms with Gasteiger partial charge in [-0.2, -0.15) is 0 Å². The van der Waals surface area contributed by atoms with E-state index in [0.29, 0.717) is 11.2 Å². The van der Waals surface area contributed by atoms with Crippen molar-refractivity contribution in [3.8, 4) is 0 Å². The smallest absolute Gasteiger partial charge is 0.246 e. The molecule has 0 saturated heterocycles. The zero-order valence-corrected chi connectivity index (χ0v) is 11.1. The average Bonchev–Trinajstić information content (AvgIpc) is 2.85. The van der Waals surface area contributed by atoms with E-state index in [1.165, 1.54) is 12.8 Å². The quantitative estimate of drug-likeness (QED) is 0.794. The van der Waals surface area contributed by atoms with Crippen molar-refractivity contribution in [1.82, 2.24) is 4.98 Å². The molecule has 0 spiro atoms. The summed E-state index contributed by atoms with van der Waals surface area (Å²) >= 11 is 5.98. The number of anilines is 2. The van der Waals surface area contributed by atoms with Gasteiger partial charge in [0.15, 0.2) is 0 Å². The summed E-state index contributed by atoms with van der Waals surface area (Å²) in [6.07, 6.45) is 6.42. The molecule has 18 heavy (non-hydrogen) atoms. The Morgan fingerprint density at radius 1 is 1.44 bits per heavy atom. The SMILES string of the molecule is C[C@@H]1C(=O)Nc2cnc(Cl)cc2N1C1CCCC1. The Hall–Kier alpha value is -1.29. The number of aromatic nitrogens is 1. The van der Waals surface area contributed by atoms with Crippen LogP contribution in [0.2, 0.25) is 5.15 Å². The molecule has 0 radical (unpaired) electrons. The van der Waals surface area contributed by atoms with Gasteiger partial charge < -0.3 is 10.2 Å². The molecule has 2 heterocycles. The molecular weight excluding hydrogens is 250 g/mol. The first-order valence-corrected chi connectivity index (χ1v) is 6.79. The minimum Gasteiger partial charge on any atom is -0.355 e. The summed E-state index contributed by atoms with van der Waals surface area (Å²) in [4.78, 5) is 18.2. The van der Waals surface area contributed by atoms with Gasteiger partial charge in [0.2, 0.25) is 5.91 Å². The van der Waals surface area contributed by atoms with Crippen LogP contribution in [0.4, 0.5) is 11.4 Å². The average molecular weight is 266 g/mol. The second-order valence-corrected chi connectivity index (χ2v) is 5.42. The largest absolute Gasteiger partial charge is 0.355 e. The van der Waals surface area contributed by atoms with Gasteiger partial charge in [-0.05, 0) is 19.8 Å². The fourth-order valence-corrected chi connectivity index (χ4v) is 3.15. The van der Waals surface area contributed by atoms with Gasteiger partial charge in [0.1, 0.15) is 11.2 Å². The highest BCUT2D eigenvalue weighted by Crippen LogP contribution is 2.38. The van der Waals surface area contributed by atoms with Gasteiger partial charge in [-0.15, -0.1) is 0 Å². The van der Waals surface area contributed by atoms with E-state index in [1.807, 2.05) is 13.0 Å². The number of halogens is 1. The number of amides is 1. The zero-order valence-electron chi connectivity index (χ0n) is 10.3. The molecule has 1 amide bonds. The molecule has 1 aromatic heterocycles. The molecular formula is C13H16ClN3O. The topological polar surface area (TPSA) is 45.2 Å². The van der Waals surface area contributed by atoms with E-state index >= 15 is 0 Å². The third-order valence-corrected chi connectivity index (χ3v) is 4.11. The standard InChI is InChI=1S/C13H16ClN3O/c1-8-13(18)16-10-7-15-12(14)6-11(10)17(8)9-4-2-3-5-9/h6-9H,2-5H2,1H3,(H,16,18)/t8-/m1/s1. The van der Waals surface area contributed by atoms with E-state index in [2.05, 4.69) is 15.2 Å². The van der Waals surface area contributed by atoms with Crippen molar-refractivity contribution >= 4 is 28.9 Å². The van der Waals surface area contributed by atoms with E-state index in [1.54, 1.807) is 6.20 Å². The molecule has 1 aromatic rings. The number of pyridine rings is 1. The highest BCUT2D eigenvalue weighted by atomic mass is 35.5. The van der Waals surface area contributed by atoms with Crippen molar-refractivity contribution in [2.24, 2.45) is 0 Å². The summed E-state index contributed by atoms with van der Waals surface area (Å²) in [5.41, 5.74) is 1.78. The molecule has 1 atom stereocenters. The Kier molecular flexibility index (Phi) is 2.90. The van der Waals surface area contributed by atoms with Crippen molar-refractivity contribution < 1.29 is 4.79 Å². The predicted molar refractivity (Wildman–Crippen MR) is 72.1 cm³/mol. The predicted octanol–water partition coefficient (Wildman–Crippen LogP) is 2.82. The molecule has 1 aliphatic heterocycles. The molecule has 1 saturated carbocycles. The van der Waals surface area contributed by atoms with Gasteiger partial charge in [0, 0.05) is 12.1 Å². The first-order chi connectivity index (χ1) is 8.66. The summed E-state index contributed by atoms with van der Waals surface area (Å²) in [7, 11) is 0.